The van der Waals surface area contributed by atoms with Crippen LogP contribution in [0.2, 0.25) is 0 Å². The fourth-order valence-electron chi connectivity index (χ4n) is 2.03. The quantitative estimate of drug-likeness (QED) is 0.316. The van der Waals surface area contributed by atoms with E-state index in [1.807, 2.05) is 35.7 Å². The maximum Gasteiger partial charge on any atom is 0.141 e. The van der Waals surface area contributed by atoms with Crippen LogP contribution >= 0.6 is 22.9 Å². The van der Waals surface area contributed by atoms with Gasteiger partial charge in [0.1, 0.15) is 11.6 Å². The highest BCUT2D eigenvalue weighted by atomic mass is 35.5. The fraction of sp³-hybridized carbons (Fsp3) is 0.353. The summed E-state index contributed by atoms with van der Waals surface area (Å²) in [7, 11) is 0. The molecule has 2 aromatic rings. The van der Waals surface area contributed by atoms with E-state index in [-0.39, 0.29) is 0 Å². The summed E-state index contributed by atoms with van der Waals surface area (Å²) in [6, 6.07) is 9.68. The zero-order chi connectivity index (χ0) is 15.8. The first-order chi connectivity index (χ1) is 10.7. The standard InChI is InChI=1S/C17H21ClN2OS/c1-2-3-4-9-21-15-8-7-14(11-13(15)12-18)20-17(19)16-6-5-10-22-16/h5-8,10-11H,2-4,9,12H2,1H3,(H2,19,20). The fourth-order valence-corrected chi connectivity index (χ4v) is 2.87. The number of halogens is 1. The maximum absolute atomic E-state index is 6.02. The van der Waals surface area contributed by atoms with Gasteiger partial charge in [-0.05, 0) is 36.1 Å². The van der Waals surface area contributed by atoms with Crippen LogP contribution in [-0.4, -0.2) is 12.4 Å². The van der Waals surface area contributed by atoms with Crippen molar-refractivity contribution in [2.24, 2.45) is 10.7 Å². The van der Waals surface area contributed by atoms with Crippen LogP contribution < -0.4 is 10.5 Å². The van der Waals surface area contributed by atoms with Crippen molar-refractivity contribution in [1.29, 1.82) is 0 Å². The van der Waals surface area contributed by atoms with Gasteiger partial charge >= 0.3 is 0 Å². The van der Waals surface area contributed by atoms with E-state index in [9.17, 15) is 0 Å². The highest BCUT2D eigenvalue weighted by Crippen LogP contribution is 2.27. The molecule has 1 aromatic carbocycles. The second kappa shape index (κ2) is 8.81. The van der Waals surface area contributed by atoms with Crippen molar-refractivity contribution in [3.05, 3.63) is 46.2 Å². The zero-order valence-electron chi connectivity index (χ0n) is 12.7. The molecule has 0 amide bonds. The average molecular weight is 337 g/mol. The molecular formula is C17H21ClN2OS. The lowest BCUT2D eigenvalue weighted by Gasteiger charge is -2.10. The van der Waals surface area contributed by atoms with E-state index in [4.69, 9.17) is 22.1 Å². The largest absolute Gasteiger partial charge is 0.493 e. The van der Waals surface area contributed by atoms with Gasteiger partial charge in [-0.1, -0.05) is 25.8 Å². The summed E-state index contributed by atoms with van der Waals surface area (Å²) in [6.45, 7) is 2.90. The second-order valence-electron chi connectivity index (χ2n) is 4.96. The number of nitrogens with zero attached hydrogens (tertiary/aromatic N) is 1. The Bertz CT molecular complexity index is 611. The first kappa shape index (κ1) is 16.8. The van der Waals surface area contributed by atoms with Gasteiger partial charge < -0.3 is 10.5 Å². The Hall–Kier alpha value is -1.52. The summed E-state index contributed by atoms with van der Waals surface area (Å²) >= 11 is 7.60. The van der Waals surface area contributed by atoms with E-state index in [1.54, 1.807) is 11.3 Å². The van der Waals surface area contributed by atoms with Crippen LogP contribution in [0.15, 0.2) is 40.7 Å². The highest BCUT2D eigenvalue weighted by Gasteiger charge is 2.06. The van der Waals surface area contributed by atoms with Gasteiger partial charge in [0.2, 0.25) is 0 Å². The molecule has 1 heterocycles. The number of aliphatic imine (C=N–C) groups is 1. The molecule has 5 heteroatoms. The molecule has 0 saturated carbocycles. The number of amidine groups is 1. The number of ether oxygens (including phenoxy) is 1. The third kappa shape index (κ3) is 4.75. The first-order valence-electron chi connectivity index (χ1n) is 7.44. The molecule has 22 heavy (non-hydrogen) atoms. The molecule has 0 radical (unpaired) electrons. The Morgan fingerprint density at radius 2 is 2.18 bits per heavy atom. The van der Waals surface area contributed by atoms with Crippen molar-refractivity contribution in [3.63, 3.8) is 0 Å². The topological polar surface area (TPSA) is 47.6 Å². The SMILES string of the molecule is CCCCCOc1ccc(N=C(N)c2cccs2)cc1CCl. The van der Waals surface area contributed by atoms with Crippen LogP contribution in [0.5, 0.6) is 5.75 Å². The summed E-state index contributed by atoms with van der Waals surface area (Å²) in [4.78, 5) is 5.42. The smallest absolute Gasteiger partial charge is 0.141 e. The molecule has 3 nitrogen and oxygen atoms in total. The van der Waals surface area contributed by atoms with Crippen molar-refractivity contribution in [3.8, 4) is 5.75 Å². The summed E-state index contributed by atoms with van der Waals surface area (Å²) in [6.07, 6.45) is 3.42. The van der Waals surface area contributed by atoms with Crippen LogP contribution in [0, 0.1) is 0 Å². The molecule has 0 bridgehead atoms. The highest BCUT2D eigenvalue weighted by molar-refractivity contribution is 7.12. The minimum atomic E-state index is 0.394. The third-order valence-electron chi connectivity index (χ3n) is 3.22. The van der Waals surface area contributed by atoms with Crippen molar-refractivity contribution in [2.45, 2.75) is 32.1 Å². The van der Waals surface area contributed by atoms with Gasteiger partial charge in [0.15, 0.2) is 0 Å². The van der Waals surface area contributed by atoms with Crippen molar-refractivity contribution in [2.75, 3.05) is 6.61 Å². The minimum Gasteiger partial charge on any atom is -0.493 e. The predicted octanol–water partition coefficient (Wildman–Crippen LogP) is 5.09. The third-order valence-corrected chi connectivity index (χ3v) is 4.40. The average Bonchev–Trinajstić information content (AvgIpc) is 3.07. The number of nitrogens with two attached hydrogens (primary N) is 1. The Morgan fingerprint density at radius 3 is 2.86 bits per heavy atom. The molecule has 1 aromatic heterocycles. The summed E-state index contributed by atoms with van der Waals surface area (Å²) in [5.74, 6) is 1.75. The molecule has 0 unspecified atom stereocenters. The Labute approximate surface area is 140 Å². The van der Waals surface area contributed by atoms with Crippen molar-refractivity contribution >= 4 is 34.5 Å². The van der Waals surface area contributed by atoms with E-state index >= 15 is 0 Å². The molecule has 118 valence electrons. The first-order valence-corrected chi connectivity index (χ1v) is 8.85. The summed E-state index contributed by atoms with van der Waals surface area (Å²) in [5, 5.41) is 1.98. The van der Waals surface area contributed by atoms with E-state index < -0.39 is 0 Å². The molecule has 0 spiro atoms. The Balaban J connectivity index is 2.09. The molecule has 2 rings (SSSR count). The van der Waals surface area contributed by atoms with E-state index in [0.29, 0.717) is 11.7 Å². The van der Waals surface area contributed by atoms with Crippen LogP contribution in [0.25, 0.3) is 0 Å². The molecule has 0 atom stereocenters. The van der Waals surface area contributed by atoms with E-state index in [2.05, 4.69) is 11.9 Å². The zero-order valence-corrected chi connectivity index (χ0v) is 14.3. The van der Waals surface area contributed by atoms with Gasteiger partial charge in [-0.2, -0.15) is 0 Å². The number of alkyl halides is 1. The van der Waals surface area contributed by atoms with E-state index in [1.165, 1.54) is 12.8 Å². The molecular weight excluding hydrogens is 316 g/mol. The Kier molecular flexibility index (Phi) is 6.74. The molecule has 2 N–H and O–H groups in total. The number of benzene rings is 1. The van der Waals surface area contributed by atoms with Gasteiger partial charge in [0.05, 0.1) is 23.1 Å². The molecule has 0 saturated heterocycles. The monoisotopic (exact) mass is 336 g/mol. The minimum absolute atomic E-state index is 0.394. The number of rotatable bonds is 8. The van der Waals surface area contributed by atoms with Gasteiger partial charge in [-0.15, -0.1) is 22.9 Å². The van der Waals surface area contributed by atoms with Crippen LogP contribution in [0.3, 0.4) is 0 Å². The lowest BCUT2D eigenvalue weighted by atomic mass is 10.2. The maximum atomic E-state index is 6.02. The summed E-state index contributed by atoms with van der Waals surface area (Å²) < 4.78 is 5.80. The van der Waals surface area contributed by atoms with Gasteiger partial charge in [0.25, 0.3) is 0 Å². The Morgan fingerprint density at radius 1 is 1.32 bits per heavy atom. The predicted molar refractivity (Wildman–Crippen MR) is 95.7 cm³/mol. The number of thiophene rings is 1. The number of hydrogen-bond donors (Lipinski definition) is 1. The second-order valence-corrected chi connectivity index (χ2v) is 6.17. The number of unbranched alkanes of at least 4 members (excludes halogenated alkanes) is 2. The lowest BCUT2D eigenvalue weighted by Crippen LogP contribution is -2.10. The molecule has 0 aliphatic rings. The van der Waals surface area contributed by atoms with Gasteiger partial charge in [0, 0.05) is 5.56 Å². The molecule has 0 aliphatic carbocycles. The molecule has 0 aliphatic heterocycles. The van der Waals surface area contributed by atoms with Crippen molar-refractivity contribution in [1.82, 2.24) is 0 Å². The van der Waals surface area contributed by atoms with Crippen LogP contribution in [0.1, 0.15) is 36.6 Å². The lowest BCUT2D eigenvalue weighted by molar-refractivity contribution is 0.304. The van der Waals surface area contributed by atoms with Gasteiger partial charge in [-0.3, -0.25) is 0 Å². The van der Waals surface area contributed by atoms with Crippen molar-refractivity contribution < 1.29 is 4.74 Å². The van der Waals surface area contributed by atoms with Crippen LogP contribution in [0.4, 0.5) is 5.69 Å². The normalized spacial score (nSPS) is 11.6. The summed E-state index contributed by atoms with van der Waals surface area (Å²) in [5.41, 5.74) is 7.75. The van der Waals surface area contributed by atoms with E-state index in [0.717, 1.165) is 34.9 Å². The molecule has 0 fully saturated rings. The van der Waals surface area contributed by atoms with Crippen LogP contribution in [-0.2, 0) is 5.88 Å². The van der Waals surface area contributed by atoms with Gasteiger partial charge in [-0.25, -0.2) is 4.99 Å². The number of hydrogen-bond acceptors (Lipinski definition) is 3.